The zero-order valence-electron chi connectivity index (χ0n) is 7.04. The van der Waals surface area contributed by atoms with Gasteiger partial charge in [0.1, 0.15) is 0 Å². The number of rotatable bonds is 3. The molecular formula is C8H15NO2. The standard InChI is InChI=1S/C8H15NO2/c1-5-10-8(11-5)7-3-6(7)4-9-2/h5-9H,3-4H2,1-2H3/t5?,6-,7+,8?/m0/s1. The van der Waals surface area contributed by atoms with Crippen LogP contribution in [-0.2, 0) is 9.47 Å². The summed E-state index contributed by atoms with van der Waals surface area (Å²) in [5.41, 5.74) is 0. The van der Waals surface area contributed by atoms with E-state index >= 15 is 0 Å². The first kappa shape index (κ1) is 7.53. The summed E-state index contributed by atoms with van der Waals surface area (Å²) in [6.45, 7) is 3.04. The van der Waals surface area contributed by atoms with Gasteiger partial charge in [0.05, 0.1) is 0 Å². The molecular weight excluding hydrogens is 142 g/mol. The van der Waals surface area contributed by atoms with E-state index in [9.17, 15) is 0 Å². The predicted octanol–water partition coefficient (Wildman–Crippen LogP) is 0.561. The average molecular weight is 157 g/mol. The predicted molar refractivity (Wildman–Crippen MR) is 40.9 cm³/mol. The van der Waals surface area contributed by atoms with Crippen molar-refractivity contribution in [1.82, 2.24) is 5.32 Å². The molecule has 0 aromatic heterocycles. The summed E-state index contributed by atoms with van der Waals surface area (Å²) in [5, 5.41) is 3.16. The third-order valence-corrected chi connectivity index (χ3v) is 2.44. The van der Waals surface area contributed by atoms with Crippen molar-refractivity contribution < 1.29 is 9.47 Å². The Morgan fingerprint density at radius 3 is 2.73 bits per heavy atom. The van der Waals surface area contributed by atoms with E-state index in [1.165, 1.54) is 6.42 Å². The van der Waals surface area contributed by atoms with Crippen molar-refractivity contribution in [2.45, 2.75) is 25.9 Å². The zero-order chi connectivity index (χ0) is 7.84. The molecule has 0 amide bonds. The molecule has 0 radical (unpaired) electrons. The lowest BCUT2D eigenvalue weighted by atomic mass is 10.3. The van der Waals surface area contributed by atoms with Crippen molar-refractivity contribution in [2.24, 2.45) is 11.8 Å². The first-order chi connectivity index (χ1) is 5.31. The second-order valence-electron chi connectivity index (χ2n) is 3.43. The number of hydrogen-bond donors (Lipinski definition) is 1. The molecule has 1 aliphatic carbocycles. The quantitative estimate of drug-likeness (QED) is 0.649. The highest BCUT2D eigenvalue weighted by atomic mass is 16.9. The third-order valence-electron chi connectivity index (χ3n) is 2.44. The molecule has 1 N–H and O–H groups in total. The van der Waals surface area contributed by atoms with Crippen LogP contribution in [0.3, 0.4) is 0 Å². The lowest BCUT2D eigenvalue weighted by Crippen LogP contribution is -2.40. The zero-order valence-corrected chi connectivity index (χ0v) is 7.04. The van der Waals surface area contributed by atoms with Gasteiger partial charge in [-0.1, -0.05) is 0 Å². The van der Waals surface area contributed by atoms with Gasteiger partial charge in [0.15, 0.2) is 12.6 Å². The lowest BCUT2D eigenvalue weighted by molar-refractivity contribution is -0.383. The van der Waals surface area contributed by atoms with Crippen molar-refractivity contribution in [1.29, 1.82) is 0 Å². The van der Waals surface area contributed by atoms with Gasteiger partial charge in [0, 0.05) is 5.92 Å². The lowest BCUT2D eigenvalue weighted by Gasteiger charge is -2.34. The monoisotopic (exact) mass is 157 g/mol. The van der Waals surface area contributed by atoms with E-state index in [0.717, 1.165) is 12.5 Å². The largest absolute Gasteiger partial charge is 0.324 e. The highest BCUT2D eigenvalue weighted by Crippen LogP contribution is 2.45. The molecule has 2 fully saturated rings. The van der Waals surface area contributed by atoms with Crippen LogP contribution in [0.2, 0.25) is 0 Å². The average Bonchev–Trinajstić information content (AvgIpc) is 2.62. The van der Waals surface area contributed by atoms with Crippen molar-refractivity contribution in [3.63, 3.8) is 0 Å². The van der Waals surface area contributed by atoms with Gasteiger partial charge in [-0.2, -0.15) is 0 Å². The second-order valence-corrected chi connectivity index (χ2v) is 3.43. The summed E-state index contributed by atoms with van der Waals surface area (Å²) in [4.78, 5) is 0. The molecule has 0 spiro atoms. The fourth-order valence-electron chi connectivity index (χ4n) is 1.69. The smallest absolute Gasteiger partial charge is 0.166 e. The van der Waals surface area contributed by atoms with E-state index in [-0.39, 0.29) is 12.6 Å². The first-order valence-corrected chi connectivity index (χ1v) is 4.27. The fraction of sp³-hybridized carbons (Fsp3) is 1.00. The van der Waals surface area contributed by atoms with Crippen molar-refractivity contribution in [3.05, 3.63) is 0 Å². The van der Waals surface area contributed by atoms with E-state index in [0.29, 0.717) is 5.92 Å². The maximum Gasteiger partial charge on any atom is 0.166 e. The van der Waals surface area contributed by atoms with Gasteiger partial charge in [-0.25, -0.2) is 0 Å². The summed E-state index contributed by atoms with van der Waals surface area (Å²) in [6.07, 6.45) is 1.41. The van der Waals surface area contributed by atoms with Gasteiger partial charge >= 0.3 is 0 Å². The van der Waals surface area contributed by atoms with E-state index in [4.69, 9.17) is 9.47 Å². The number of nitrogens with one attached hydrogen (secondary N) is 1. The Morgan fingerprint density at radius 1 is 1.45 bits per heavy atom. The van der Waals surface area contributed by atoms with Crippen LogP contribution in [0.1, 0.15) is 13.3 Å². The third kappa shape index (κ3) is 1.41. The minimum atomic E-state index is 0.0378. The minimum Gasteiger partial charge on any atom is -0.324 e. The Hall–Kier alpha value is -0.120. The Balaban J connectivity index is 1.67. The molecule has 2 aliphatic rings. The van der Waals surface area contributed by atoms with Crippen LogP contribution < -0.4 is 5.32 Å². The number of ether oxygens (including phenoxy) is 2. The molecule has 64 valence electrons. The topological polar surface area (TPSA) is 30.5 Å². The molecule has 3 nitrogen and oxygen atoms in total. The number of hydrogen-bond acceptors (Lipinski definition) is 3. The van der Waals surface area contributed by atoms with E-state index in [1.807, 2.05) is 14.0 Å². The maximum absolute atomic E-state index is 5.39. The fourth-order valence-corrected chi connectivity index (χ4v) is 1.69. The molecule has 0 aromatic rings. The van der Waals surface area contributed by atoms with Crippen LogP contribution in [0.25, 0.3) is 0 Å². The van der Waals surface area contributed by atoms with Crippen molar-refractivity contribution in [2.75, 3.05) is 13.6 Å². The molecule has 1 saturated carbocycles. The Morgan fingerprint density at radius 2 is 2.18 bits per heavy atom. The van der Waals surface area contributed by atoms with Gasteiger partial charge in [-0.05, 0) is 32.9 Å². The molecule has 0 bridgehead atoms. The molecule has 0 unspecified atom stereocenters. The molecule has 3 heteroatoms. The molecule has 11 heavy (non-hydrogen) atoms. The highest BCUT2D eigenvalue weighted by molar-refractivity contribution is 4.91. The van der Waals surface area contributed by atoms with Gasteiger partial charge in [-0.3, -0.25) is 0 Å². The summed E-state index contributed by atoms with van der Waals surface area (Å²) < 4.78 is 10.8. The second kappa shape index (κ2) is 2.73. The summed E-state index contributed by atoms with van der Waals surface area (Å²) >= 11 is 0. The van der Waals surface area contributed by atoms with Crippen LogP contribution in [0.15, 0.2) is 0 Å². The van der Waals surface area contributed by atoms with Crippen molar-refractivity contribution in [3.8, 4) is 0 Å². The summed E-state index contributed by atoms with van der Waals surface area (Å²) in [6, 6.07) is 0. The molecule has 0 aromatic carbocycles. The normalized spacial score (nSPS) is 48.5. The van der Waals surface area contributed by atoms with Crippen LogP contribution in [0, 0.1) is 11.8 Å². The van der Waals surface area contributed by atoms with Gasteiger partial charge < -0.3 is 14.8 Å². The maximum atomic E-state index is 5.39. The Labute approximate surface area is 67.1 Å². The summed E-state index contributed by atoms with van der Waals surface area (Å²) in [7, 11) is 1.99. The van der Waals surface area contributed by atoms with Crippen LogP contribution in [0.4, 0.5) is 0 Å². The van der Waals surface area contributed by atoms with Crippen LogP contribution in [-0.4, -0.2) is 26.2 Å². The SMILES string of the molecule is CNC[C@@H]1C[C@H]1C1OC(C)O1. The first-order valence-electron chi connectivity index (χ1n) is 4.27. The molecule has 1 aliphatic heterocycles. The van der Waals surface area contributed by atoms with E-state index in [2.05, 4.69) is 5.32 Å². The molecule has 1 heterocycles. The van der Waals surface area contributed by atoms with E-state index < -0.39 is 0 Å². The molecule has 2 rings (SSSR count). The molecule has 1 saturated heterocycles. The van der Waals surface area contributed by atoms with Crippen molar-refractivity contribution >= 4 is 0 Å². The van der Waals surface area contributed by atoms with Gasteiger partial charge in [-0.15, -0.1) is 0 Å². The Kier molecular flexibility index (Phi) is 1.87. The molecule has 2 atom stereocenters. The summed E-state index contributed by atoms with van der Waals surface area (Å²) in [5.74, 6) is 1.45. The van der Waals surface area contributed by atoms with Crippen LogP contribution in [0.5, 0.6) is 0 Å². The highest BCUT2D eigenvalue weighted by Gasteiger charge is 2.48. The van der Waals surface area contributed by atoms with Gasteiger partial charge in [0.2, 0.25) is 0 Å². The van der Waals surface area contributed by atoms with Gasteiger partial charge in [0.25, 0.3) is 0 Å². The minimum absolute atomic E-state index is 0.0378. The van der Waals surface area contributed by atoms with Crippen LogP contribution >= 0.6 is 0 Å². The van der Waals surface area contributed by atoms with E-state index in [1.54, 1.807) is 0 Å². The Bertz CT molecular complexity index is 145.